The van der Waals surface area contributed by atoms with Crippen molar-refractivity contribution in [2.24, 2.45) is 0 Å². The van der Waals surface area contributed by atoms with E-state index >= 15 is 0 Å². The summed E-state index contributed by atoms with van der Waals surface area (Å²) in [6, 6.07) is 33.9. The van der Waals surface area contributed by atoms with Gasteiger partial charge in [0.1, 0.15) is 45.2 Å². The molecule has 13 heteroatoms. The van der Waals surface area contributed by atoms with Crippen molar-refractivity contribution in [3.63, 3.8) is 0 Å². The maximum Gasteiger partial charge on any atom is 0.344 e. The van der Waals surface area contributed by atoms with Crippen molar-refractivity contribution in [2.75, 3.05) is 13.2 Å². The molecule has 0 radical (unpaired) electrons. The van der Waals surface area contributed by atoms with E-state index in [0.717, 1.165) is 31.7 Å². The molecule has 302 valence electrons. The molecular formula is C44H49NO10S2. The first-order valence-electron chi connectivity index (χ1n) is 18.1. The van der Waals surface area contributed by atoms with E-state index < -0.39 is 44.2 Å². The van der Waals surface area contributed by atoms with Crippen LogP contribution in [0.3, 0.4) is 0 Å². The second-order valence-electron chi connectivity index (χ2n) is 14.8. The van der Waals surface area contributed by atoms with Crippen LogP contribution in [0, 0.1) is 13.8 Å². The fraction of sp³-hybridized carbons (Fsp3) is 0.295. The lowest BCUT2D eigenvalue weighted by Gasteiger charge is -2.19. The van der Waals surface area contributed by atoms with Gasteiger partial charge in [0.25, 0.3) is 0 Å². The van der Waals surface area contributed by atoms with E-state index in [4.69, 9.17) is 23.7 Å². The fourth-order valence-corrected chi connectivity index (χ4v) is 7.90. The number of hydrogen-bond acceptors (Lipinski definition) is 11. The quantitative estimate of drug-likeness (QED) is 0.0640. The van der Waals surface area contributed by atoms with Gasteiger partial charge in [0.05, 0.1) is 21.5 Å². The molecule has 0 spiro atoms. The Morgan fingerprint density at radius 1 is 0.632 bits per heavy atom. The first-order chi connectivity index (χ1) is 26.8. The number of carbonyl (C=O) groups is 2. The highest BCUT2D eigenvalue weighted by Crippen LogP contribution is 2.34. The van der Waals surface area contributed by atoms with Crippen molar-refractivity contribution < 1.29 is 46.2 Å². The van der Waals surface area contributed by atoms with E-state index in [9.17, 15) is 22.6 Å². The zero-order valence-electron chi connectivity index (χ0n) is 33.4. The summed E-state index contributed by atoms with van der Waals surface area (Å²) in [6.07, 6.45) is 1.75. The molecule has 0 aliphatic rings. The van der Waals surface area contributed by atoms with Crippen LogP contribution >= 0.6 is 0 Å². The predicted molar refractivity (Wildman–Crippen MR) is 217 cm³/mol. The van der Waals surface area contributed by atoms with Gasteiger partial charge in [-0.3, -0.25) is 4.98 Å². The minimum absolute atomic E-state index is 0.123. The molecule has 5 aromatic rings. The molecule has 0 saturated carbocycles. The van der Waals surface area contributed by atoms with Crippen molar-refractivity contribution in [1.82, 2.24) is 4.98 Å². The average Bonchev–Trinajstić information content (AvgIpc) is 3.14. The molecule has 4 aromatic carbocycles. The van der Waals surface area contributed by atoms with Gasteiger partial charge in [-0.2, -0.15) is 0 Å². The second kappa shape index (κ2) is 19.7. The number of nitrogens with zero attached hydrogens (tertiary/aromatic N) is 1. The molecule has 0 N–H and O–H groups in total. The Balaban J connectivity index is 0.000000512. The molecule has 0 aliphatic carbocycles. The Kier molecular flexibility index (Phi) is 15.3. The minimum Gasteiger partial charge on any atom is -0.744 e. The molecular weight excluding hydrogens is 767 g/mol. The van der Waals surface area contributed by atoms with Gasteiger partial charge in [-0.25, -0.2) is 18.0 Å². The first kappa shape index (κ1) is 44.3. The second-order valence-corrected chi connectivity index (χ2v) is 18.2. The molecule has 0 saturated heterocycles. The standard InChI is InChI=1S/C36H40NO7S.C8H10O3S/c1-35(2,3)43-33(38)24-41-28-12-18-31(19-13-28)45(30-16-10-27(11-17-30)40-23-26-9-7-8-22-37-26)32-20-14-29(15-21-32)42-25-34(39)44-36(4,5)6;1-6-3-4-7(2)8(5-6)12(9,10)11/h7-22H,23-25H2,1-6H3;3-5H,1-2H3,(H,9,10,11)/q+1;/p-1. The number of ether oxygens (including phenoxy) is 5. The van der Waals surface area contributed by atoms with Crippen LogP contribution in [0.4, 0.5) is 0 Å². The average molecular weight is 816 g/mol. The Labute approximate surface area is 338 Å². The Morgan fingerprint density at radius 2 is 1.07 bits per heavy atom. The smallest absolute Gasteiger partial charge is 0.344 e. The van der Waals surface area contributed by atoms with Crippen molar-refractivity contribution >= 4 is 33.0 Å². The number of hydrogen-bond donors (Lipinski definition) is 0. The number of pyridine rings is 1. The number of aryl methyl sites for hydroxylation is 2. The van der Waals surface area contributed by atoms with E-state index in [1.807, 2.05) is 120 Å². The normalized spacial score (nSPS) is 11.5. The maximum absolute atomic E-state index is 12.1. The molecule has 1 aromatic heterocycles. The number of carbonyl (C=O) groups excluding carboxylic acids is 2. The zero-order valence-corrected chi connectivity index (χ0v) is 35.1. The van der Waals surface area contributed by atoms with E-state index in [2.05, 4.69) is 17.1 Å². The summed E-state index contributed by atoms with van der Waals surface area (Å²) < 4.78 is 59.9. The van der Waals surface area contributed by atoms with Crippen LogP contribution in [-0.2, 0) is 46.7 Å². The van der Waals surface area contributed by atoms with Gasteiger partial charge >= 0.3 is 11.9 Å². The lowest BCUT2D eigenvalue weighted by molar-refractivity contribution is -0.158. The van der Waals surface area contributed by atoms with E-state index in [0.29, 0.717) is 23.7 Å². The van der Waals surface area contributed by atoms with Crippen LogP contribution in [0.5, 0.6) is 17.2 Å². The third-order valence-corrected chi connectivity index (χ3v) is 10.7. The van der Waals surface area contributed by atoms with Crippen molar-refractivity contribution in [3.05, 3.63) is 132 Å². The van der Waals surface area contributed by atoms with Gasteiger partial charge in [0.15, 0.2) is 27.9 Å². The predicted octanol–water partition coefficient (Wildman–Crippen LogP) is 8.40. The fourth-order valence-electron chi connectivity index (χ4n) is 5.07. The molecule has 5 rings (SSSR count). The largest absolute Gasteiger partial charge is 0.744 e. The zero-order chi connectivity index (χ0) is 41.8. The third-order valence-electron chi connectivity index (χ3n) is 7.46. The van der Waals surface area contributed by atoms with Gasteiger partial charge in [-0.1, -0.05) is 18.2 Å². The van der Waals surface area contributed by atoms with Crippen LogP contribution in [0.1, 0.15) is 58.4 Å². The summed E-state index contributed by atoms with van der Waals surface area (Å²) in [5.74, 6) is 1.02. The first-order valence-corrected chi connectivity index (χ1v) is 20.7. The Hall–Kier alpha value is -5.37. The molecule has 11 nitrogen and oxygen atoms in total. The van der Waals surface area contributed by atoms with Gasteiger partial charge in [0, 0.05) is 6.20 Å². The van der Waals surface area contributed by atoms with E-state index in [1.54, 1.807) is 32.2 Å². The van der Waals surface area contributed by atoms with Crippen LogP contribution < -0.4 is 14.2 Å². The highest BCUT2D eigenvalue weighted by molar-refractivity contribution is 7.97. The van der Waals surface area contributed by atoms with E-state index in [-0.39, 0.29) is 18.1 Å². The molecule has 0 atom stereocenters. The van der Waals surface area contributed by atoms with Crippen LogP contribution in [0.25, 0.3) is 0 Å². The van der Waals surface area contributed by atoms with Gasteiger partial charge in [-0.15, -0.1) is 0 Å². The third kappa shape index (κ3) is 15.2. The van der Waals surface area contributed by atoms with Gasteiger partial charge < -0.3 is 28.2 Å². The van der Waals surface area contributed by atoms with Crippen molar-refractivity contribution in [3.8, 4) is 17.2 Å². The van der Waals surface area contributed by atoms with Crippen LogP contribution in [0.2, 0.25) is 0 Å². The number of esters is 2. The highest BCUT2D eigenvalue weighted by Gasteiger charge is 2.29. The summed E-state index contributed by atoms with van der Waals surface area (Å²) >= 11 is 0. The summed E-state index contributed by atoms with van der Waals surface area (Å²) in [5, 5.41) is 0. The van der Waals surface area contributed by atoms with E-state index in [1.165, 1.54) is 6.07 Å². The Morgan fingerprint density at radius 3 is 1.44 bits per heavy atom. The van der Waals surface area contributed by atoms with Gasteiger partial charge in [-0.05, 0) is 158 Å². The number of benzene rings is 4. The van der Waals surface area contributed by atoms with Crippen molar-refractivity contribution in [1.29, 1.82) is 0 Å². The Bertz CT molecular complexity index is 2100. The minimum atomic E-state index is -4.31. The molecule has 0 amide bonds. The van der Waals surface area contributed by atoms with Gasteiger partial charge in [0.2, 0.25) is 0 Å². The van der Waals surface area contributed by atoms with Crippen LogP contribution in [-0.4, -0.2) is 54.3 Å². The van der Waals surface area contributed by atoms with Crippen molar-refractivity contribution in [2.45, 2.75) is 92.8 Å². The molecule has 57 heavy (non-hydrogen) atoms. The number of rotatable bonds is 13. The lowest BCUT2D eigenvalue weighted by Crippen LogP contribution is -2.27. The molecule has 0 bridgehead atoms. The SMILES string of the molecule is CC(C)(C)OC(=O)COc1ccc([S+](c2ccc(OCC(=O)OC(C)(C)C)cc2)c2ccc(OCc3ccccn3)cc2)cc1.Cc1ccc(C)c(S(=O)(=O)[O-])c1. The lowest BCUT2D eigenvalue weighted by atomic mass is 10.2. The summed E-state index contributed by atoms with van der Waals surface area (Å²) in [7, 11) is -4.80. The highest BCUT2D eigenvalue weighted by atomic mass is 32.2. The van der Waals surface area contributed by atoms with Crippen LogP contribution in [0.15, 0.2) is 135 Å². The molecule has 0 fully saturated rings. The molecule has 0 unspecified atom stereocenters. The molecule has 0 aliphatic heterocycles. The maximum atomic E-state index is 12.1. The summed E-state index contributed by atoms with van der Waals surface area (Å²) in [6.45, 7) is 14.3. The summed E-state index contributed by atoms with van der Waals surface area (Å²) in [4.78, 5) is 31.6. The number of aromatic nitrogens is 1. The monoisotopic (exact) mass is 815 g/mol. The summed E-state index contributed by atoms with van der Waals surface area (Å²) in [5.41, 5.74) is 0.969. The molecule has 1 heterocycles. The topological polar surface area (TPSA) is 150 Å².